The second kappa shape index (κ2) is 48.7. The van der Waals surface area contributed by atoms with Gasteiger partial charge in [-0.25, -0.2) is 0 Å². The smallest absolute Gasteiger partial charge is 0.306 e. The van der Waals surface area contributed by atoms with Crippen molar-refractivity contribution in [3.8, 4) is 0 Å². The molecule has 58 heavy (non-hydrogen) atoms. The van der Waals surface area contributed by atoms with Crippen LogP contribution >= 0.6 is 0 Å². The Balaban J connectivity index is 4.28. The van der Waals surface area contributed by atoms with E-state index in [9.17, 15) is 9.59 Å². The second-order valence-corrected chi connectivity index (χ2v) is 16.0. The standard InChI is InChI=1S/C53H92O5/c1-4-7-10-13-16-19-22-23-24-25-26-27-28-29-30-33-36-39-42-45-48-56-49-51(58-53(55)47-44-41-38-35-32-21-18-15-12-9-6-3)50-57-52(54)46-43-40-37-34-31-20-17-14-11-8-5-2/h7,10,14,16-17,19,23-24,26-27,29-30,51H,4-6,8-9,11-13,15,18,20-22,25,28,31-50H2,1-3H3/b10-7-,17-14-,19-16-,24-23-,27-26-,30-29-. The number of carbonyl (C=O) groups excluding carboxylic acids is 2. The number of ether oxygens (including phenoxy) is 3. The SMILES string of the molecule is CC/C=C\C/C=C\C/C=C\C/C=C\C/C=C\CCCCCCOCC(COC(=O)CCCCCCC/C=C\CCCC)OC(=O)CCCCCCCCCCCCC. The molecule has 5 heteroatoms. The molecule has 0 rings (SSSR count). The zero-order chi connectivity index (χ0) is 42.1. The van der Waals surface area contributed by atoms with Gasteiger partial charge in [-0.1, -0.05) is 203 Å². The van der Waals surface area contributed by atoms with Gasteiger partial charge in [-0.05, 0) is 83.5 Å². The molecular weight excluding hydrogens is 717 g/mol. The Morgan fingerprint density at radius 3 is 1.31 bits per heavy atom. The number of rotatable bonds is 44. The average Bonchev–Trinajstić information content (AvgIpc) is 3.22. The molecule has 0 N–H and O–H groups in total. The van der Waals surface area contributed by atoms with Crippen LogP contribution < -0.4 is 0 Å². The van der Waals surface area contributed by atoms with Gasteiger partial charge in [0.2, 0.25) is 0 Å². The summed E-state index contributed by atoms with van der Waals surface area (Å²) in [7, 11) is 0. The van der Waals surface area contributed by atoms with Crippen molar-refractivity contribution in [3.05, 3.63) is 72.9 Å². The number of hydrogen-bond donors (Lipinski definition) is 0. The van der Waals surface area contributed by atoms with Crippen LogP contribution in [0.25, 0.3) is 0 Å². The summed E-state index contributed by atoms with van der Waals surface area (Å²) in [5, 5.41) is 0. The molecule has 1 unspecified atom stereocenters. The highest BCUT2D eigenvalue weighted by Crippen LogP contribution is 2.14. The van der Waals surface area contributed by atoms with E-state index in [0.717, 1.165) is 89.9 Å². The minimum Gasteiger partial charge on any atom is -0.462 e. The van der Waals surface area contributed by atoms with E-state index in [0.29, 0.717) is 19.4 Å². The molecule has 0 aromatic carbocycles. The van der Waals surface area contributed by atoms with Crippen LogP contribution in [0.2, 0.25) is 0 Å². The summed E-state index contributed by atoms with van der Waals surface area (Å²) in [6.07, 6.45) is 61.9. The molecule has 0 fully saturated rings. The number of carbonyl (C=O) groups is 2. The minimum atomic E-state index is -0.551. The molecule has 0 amide bonds. The monoisotopic (exact) mass is 809 g/mol. The van der Waals surface area contributed by atoms with Crippen molar-refractivity contribution < 1.29 is 23.8 Å². The van der Waals surface area contributed by atoms with Gasteiger partial charge in [-0.2, -0.15) is 0 Å². The lowest BCUT2D eigenvalue weighted by Gasteiger charge is -2.18. The summed E-state index contributed by atoms with van der Waals surface area (Å²) < 4.78 is 17.3. The maximum absolute atomic E-state index is 12.7. The molecule has 0 radical (unpaired) electrons. The Morgan fingerprint density at radius 1 is 0.397 bits per heavy atom. The predicted octanol–water partition coefficient (Wildman–Crippen LogP) is 16.3. The highest BCUT2D eigenvalue weighted by Gasteiger charge is 2.17. The molecule has 334 valence electrons. The second-order valence-electron chi connectivity index (χ2n) is 16.0. The van der Waals surface area contributed by atoms with Crippen molar-refractivity contribution >= 4 is 11.9 Å². The van der Waals surface area contributed by atoms with Crippen LogP contribution in [0.1, 0.15) is 226 Å². The zero-order valence-corrected chi connectivity index (χ0v) is 38.3. The molecule has 0 aromatic rings. The average molecular weight is 809 g/mol. The van der Waals surface area contributed by atoms with Gasteiger partial charge < -0.3 is 14.2 Å². The molecule has 1 atom stereocenters. The summed E-state index contributed by atoms with van der Waals surface area (Å²) in [6, 6.07) is 0. The lowest BCUT2D eigenvalue weighted by molar-refractivity contribution is -0.163. The quantitative estimate of drug-likeness (QED) is 0.0348. The number of hydrogen-bond acceptors (Lipinski definition) is 5. The van der Waals surface area contributed by atoms with E-state index < -0.39 is 6.10 Å². The Bertz CT molecular complexity index is 1050. The first-order chi connectivity index (χ1) is 28.6. The van der Waals surface area contributed by atoms with Crippen LogP contribution in [-0.2, 0) is 23.8 Å². The van der Waals surface area contributed by atoms with Crippen LogP contribution in [0.5, 0.6) is 0 Å². The fourth-order valence-electron chi connectivity index (χ4n) is 6.58. The first-order valence-corrected chi connectivity index (χ1v) is 24.5. The minimum absolute atomic E-state index is 0.0699. The van der Waals surface area contributed by atoms with Crippen LogP contribution in [0, 0.1) is 0 Å². The molecule has 0 aliphatic rings. The first kappa shape index (κ1) is 55.3. The Labute approximate surface area is 359 Å². The molecule has 0 bridgehead atoms. The van der Waals surface area contributed by atoms with Gasteiger partial charge in [0.1, 0.15) is 6.61 Å². The van der Waals surface area contributed by atoms with Crippen molar-refractivity contribution in [2.75, 3.05) is 19.8 Å². The molecule has 0 aromatic heterocycles. The molecular formula is C53H92O5. The molecule has 0 saturated heterocycles. The number of allylic oxidation sites excluding steroid dienone is 12. The summed E-state index contributed by atoms with van der Waals surface area (Å²) in [6.45, 7) is 7.61. The van der Waals surface area contributed by atoms with Gasteiger partial charge >= 0.3 is 11.9 Å². The fourth-order valence-corrected chi connectivity index (χ4v) is 6.58. The van der Waals surface area contributed by atoms with Crippen molar-refractivity contribution in [1.82, 2.24) is 0 Å². The Kier molecular flexibility index (Phi) is 46.5. The van der Waals surface area contributed by atoms with E-state index in [-0.39, 0.29) is 25.2 Å². The lowest BCUT2D eigenvalue weighted by Crippen LogP contribution is -2.30. The highest BCUT2D eigenvalue weighted by molar-refractivity contribution is 5.70. The van der Waals surface area contributed by atoms with Gasteiger partial charge in [-0.3, -0.25) is 9.59 Å². The number of unbranched alkanes of at least 4 members (excludes halogenated alkanes) is 21. The van der Waals surface area contributed by atoms with Gasteiger partial charge in [0.25, 0.3) is 0 Å². The van der Waals surface area contributed by atoms with Crippen molar-refractivity contribution in [2.24, 2.45) is 0 Å². The Morgan fingerprint density at radius 2 is 0.793 bits per heavy atom. The van der Waals surface area contributed by atoms with E-state index in [4.69, 9.17) is 14.2 Å². The van der Waals surface area contributed by atoms with Crippen molar-refractivity contribution in [2.45, 2.75) is 232 Å². The van der Waals surface area contributed by atoms with Gasteiger partial charge in [0.05, 0.1) is 6.61 Å². The van der Waals surface area contributed by atoms with Crippen LogP contribution in [0.4, 0.5) is 0 Å². The Hall–Kier alpha value is -2.66. The van der Waals surface area contributed by atoms with E-state index >= 15 is 0 Å². The summed E-state index contributed by atoms with van der Waals surface area (Å²) in [4.78, 5) is 25.3. The fraction of sp³-hybridized carbons (Fsp3) is 0.736. The van der Waals surface area contributed by atoms with E-state index in [2.05, 4.69) is 93.7 Å². The third kappa shape index (κ3) is 46.0. The molecule has 0 saturated carbocycles. The third-order valence-corrected chi connectivity index (χ3v) is 10.2. The first-order valence-electron chi connectivity index (χ1n) is 24.5. The molecule has 0 aliphatic carbocycles. The predicted molar refractivity (Wildman–Crippen MR) is 251 cm³/mol. The number of esters is 2. The van der Waals surface area contributed by atoms with E-state index in [1.165, 1.54) is 103 Å². The van der Waals surface area contributed by atoms with Gasteiger partial charge in [0, 0.05) is 19.4 Å². The molecule has 0 spiro atoms. The van der Waals surface area contributed by atoms with Gasteiger partial charge in [0.15, 0.2) is 6.10 Å². The molecule has 0 heterocycles. The maximum atomic E-state index is 12.7. The van der Waals surface area contributed by atoms with Crippen LogP contribution in [0.3, 0.4) is 0 Å². The molecule has 5 nitrogen and oxygen atoms in total. The lowest BCUT2D eigenvalue weighted by atomic mass is 10.1. The van der Waals surface area contributed by atoms with E-state index in [1.54, 1.807) is 0 Å². The van der Waals surface area contributed by atoms with E-state index in [1.807, 2.05) is 0 Å². The third-order valence-electron chi connectivity index (χ3n) is 10.2. The van der Waals surface area contributed by atoms with Crippen LogP contribution in [0.15, 0.2) is 72.9 Å². The zero-order valence-electron chi connectivity index (χ0n) is 38.3. The largest absolute Gasteiger partial charge is 0.462 e. The summed E-state index contributed by atoms with van der Waals surface area (Å²) in [5.74, 6) is -0.423. The highest BCUT2D eigenvalue weighted by atomic mass is 16.6. The van der Waals surface area contributed by atoms with Crippen LogP contribution in [-0.4, -0.2) is 37.9 Å². The molecule has 0 aliphatic heterocycles. The maximum Gasteiger partial charge on any atom is 0.306 e. The summed E-state index contributed by atoms with van der Waals surface area (Å²) >= 11 is 0. The van der Waals surface area contributed by atoms with Crippen molar-refractivity contribution in [3.63, 3.8) is 0 Å². The normalized spacial score (nSPS) is 12.8. The van der Waals surface area contributed by atoms with Crippen molar-refractivity contribution in [1.29, 1.82) is 0 Å². The summed E-state index contributed by atoms with van der Waals surface area (Å²) in [5.41, 5.74) is 0. The topological polar surface area (TPSA) is 61.8 Å². The van der Waals surface area contributed by atoms with Gasteiger partial charge in [-0.15, -0.1) is 0 Å².